The van der Waals surface area contributed by atoms with Crippen molar-refractivity contribution in [1.29, 1.82) is 0 Å². The number of hydrogen-bond donors (Lipinski definition) is 1. The molecule has 2 aromatic rings. The first kappa shape index (κ1) is 14.1. The van der Waals surface area contributed by atoms with E-state index in [0.29, 0.717) is 0 Å². The van der Waals surface area contributed by atoms with Crippen molar-refractivity contribution in [1.82, 2.24) is 10.3 Å². The lowest BCUT2D eigenvalue weighted by Gasteiger charge is -2.18. The van der Waals surface area contributed by atoms with Gasteiger partial charge in [-0.25, -0.2) is 13.8 Å². The number of halogens is 2. The van der Waals surface area contributed by atoms with Crippen molar-refractivity contribution in [3.8, 4) is 0 Å². The minimum atomic E-state index is -0.820. The maximum absolute atomic E-state index is 13.4. The van der Waals surface area contributed by atoms with Gasteiger partial charge in [0.2, 0.25) is 0 Å². The highest BCUT2D eigenvalue weighted by Crippen LogP contribution is 2.28. The Hall–Kier alpha value is -1.33. The number of nitrogens with zero attached hydrogens (tertiary/aromatic N) is 1. The molecule has 0 aliphatic carbocycles. The molecule has 102 valence electrons. The van der Waals surface area contributed by atoms with E-state index >= 15 is 0 Å². The predicted molar refractivity (Wildman–Crippen MR) is 73.3 cm³/mol. The lowest BCUT2D eigenvalue weighted by atomic mass is 10.0. The third-order valence-corrected chi connectivity index (χ3v) is 3.92. The Kier molecular flexibility index (Phi) is 4.61. The van der Waals surface area contributed by atoms with Crippen molar-refractivity contribution < 1.29 is 8.78 Å². The maximum Gasteiger partial charge on any atom is 0.159 e. The minimum Gasteiger partial charge on any atom is -0.306 e. The van der Waals surface area contributed by atoms with Crippen molar-refractivity contribution >= 4 is 11.3 Å². The second-order valence-electron chi connectivity index (χ2n) is 4.36. The molecule has 0 aliphatic heterocycles. The third-order valence-electron chi connectivity index (χ3n) is 2.92. The quantitative estimate of drug-likeness (QED) is 0.901. The summed E-state index contributed by atoms with van der Waals surface area (Å²) < 4.78 is 26.4. The van der Waals surface area contributed by atoms with Crippen LogP contribution in [0.4, 0.5) is 8.78 Å². The van der Waals surface area contributed by atoms with Crippen LogP contribution in [0.1, 0.15) is 35.5 Å². The Labute approximate surface area is 115 Å². The van der Waals surface area contributed by atoms with Crippen molar-refractivity contribution in [3.63, 3.8) is 0 Å². The number of thiazole rings is 1. The van der Waals surface area contributed by atoms with E-state index in [-0.39, 0.29) is 6.04 Å². The van der Waals surface area contributed by atoms with E-state index in [1.165, 1.54) is 23.5 Å². The van der Waals surface area contributed by atoms with Gasteiger partial charge in [0.15, 0.2) is 11.6 Å². The fourth-order valence-electron chi connectivity index (χ4n) is 1.93. The summed E-state index contributed by atoms with van der Waals surface area (Å²) in [6.07, 6.45) is 0.970. The van der Waals surface area contributed by atoms with Crippen LogP contribution in [0.5, 0.6) is 0 Å². The van der Waals surface area contributed by atoms with Gasteiger partial charge in [-0.2, -0.15) is 0 Å². The van der Waals surface area contributed by atoms with Crippen LogP contribution < -0.4 is 5.32 Å². The molecule has 1 heterocycles. The Balaban J connectivity index is 2.37. The standard InChI is InChI=1S/C14H16F2N2S/c1-3-6-17-13(14-9(2)18-8-19-14)10-4-5-11(15)12(16)7-10/h4-5,7-8,13,17H,3,6H2,1-2H3. The van der Waals surface area contributed by atoms with Crippen molar-refractivity contribution in [3.05, 3.63) is 51.5 Å². The van der Waals surface area contributed by atoms with Crippen LogP contribution >= 0.6 is 11.3 Å². The van der Waals surface area contributed by atoms with Gasteiger partial charge in [-0.1, -0.05) is 13.0 Å². The zero-order valence-electron chi connectivity index (χ0n) is 10.9. The smallest absolute Gasteiger partial charge is 0.159 e. The summed E-state index contributed by atoms with van der Waals surface area (Å²) in [5.74, 6) is -1.64. The van der Waals surface area contributed by atoms with Gasteiger partial charge in [0.05, 0.1) is 17.2 Å². The summed E-state index contributed by atoms with van der Waals surface area (Å²) in [4.78, 5) is 5.26. The molecule has 0 spiro atoms. The molecule has 0 radical (unpaired) electrons. The lowest BCUT2D eigenvalue weighted by Crippen LogP contribution is -2.23. The number of aryl methyl sites for hydroxylation is 1. The highest BCUT2D eigenvalue weighted by Gasteiger charge is 2.19. The molecule has 19 heavy (non-hydrogen) atoms. The molecule has 0 saturated carbocycles. The van der Waals surface area contributed by atoms with E-state index in [1.807, 2.05) is 6.92 Å². The Bertz CT molecular complexity index is 554. The number of benzene rings is 1. The predicted octanol–water partition coefficient (Wildman–Crippen LogP) is 3.82. The van der Waals surface area contributed by atoms with Gasteiger partial charge in [0.1, 0.15) is 0 Å². The van der Waals surface area contributed by atoms with E-state index in [0.717, 1.165) is 29.1 Å². The molecule has 0 amide bonds. The monoisotopic (exact) mass is 282 g/mol. The van der Waals surface area contributed by atoms with Crippen LogP contribution in [0.2, 0.25) is 0 Å². The summed E-state index contributed by atoms with van der Waals surface area (Å²) in [6, 6.07) is 3.90. The molecule has 0 saturated heterocycles. The number of nitrogens with one attached hydrogen (secondary N) is 1. The third kappa shape index (κ3) is 3.16. The second-order valence-corrected chi connectivity index (χ2v) is 5.25. The van der Waals surface area contributed by atoms with Gasteiger partial charge >= 0.3 is 0 Å². The van der Waals surface area contributed by atoms with Crippen LogP contribution in [0, 0.1) is 18.6 Å². The van der Waals surface area contributed by atoms with Gasteiger partial charge in [0, 0.05) is 4.88 Å². The van der Waals surface area contributed by atoms with E-state index in [4.69, 9.17) is 0 Å². The number of aromatic nitrogens is 1. The molecule has 5 heteroatoms. The van der Waals surface area contributed by atoms with E-state index < -0.39 is 11.6 Å². The normalized spacial score (nSPS) is 12.6. The molecule has 1 N–H and O–H groups in total. The van der Waals surface area contributed by atoms with Gasteiger partial charge < -0.3 is 5.32 Å². The topological polar surface area (TPSA) is 24.9 Å². The van der Waals surface area contributed by atoms with Crippen LogP contribution in [-0.2, 0) is 0 Å². The van der Waals surface area contributed by atoms with E-state index in [2.05, 4.69) is 17.2 Å². The first-order valence-electron chi connectivity index (χ1n) is 6.21. The molecule has 2 rings (SSSR count). The van der Waals surface area contributed by atoms with Crippen LogP contribution in [0.15, 0.2) is 23.7 Å². The average molecular weight is 282 g/mol. The first-order valence-corrected chi connectivity index (χ1v) is 7.09. The summed E-state index contributed by atoms with van der Waals surface area (Å²) >= 11 is 1.52. The average Bonchev–Trinajstić information content (AvgIpc) is 2.80. The Morgan fingerprint density at radius 1 is 1.32 bits per heavy atom. The maximum atomic E-state index is 13.4. The van der Waals surface area contributed by atoms with Crippen LogP contribution in [0.25, 0.3) is 0 Å². The molecule has 0 aliphatic rings. The minimum absolute atomic E-state index is 0.137. The highest BCUT2D eigenvalue weighted by molar-refractivity contribution is 7.09. The van der Waals surface area contributed by atoms with Gasteiger partial charge in [0.25, 0.3) is 0 Å². The molecule has 2 nitrogen and oxygen atoms in total. The molecule has 0 bridgehead atoms. The summed E-state index contributed by atoms with van der Waals surface area (Å²) in [5, 5.41) is 3.36. The second kappa shape index (κ2) is 6.21. The largest absolute Gasteiger partial charge is 0.306 e. The van der Waals surface area contributed by atoms with Gasteiger partial charge in [-0.15, -0.1) is 11.3 Å². The molecular weight excluding hydrogens is 266 g/mol. The SMILES string of the molecule is CCCNC(c1ccc(F)c(F)c1)c1scnc1C. The summed E-state index contributed by atoms with van der Waals surface area (Å²) in [5.41, 5.74) is 3.41. The first-order chi connectivity index (χ1) is 9.13. The molecule has 1 aromatic carbocycles. The Morgan fingerprint density at radius 2 is 2.11 bits per heavy atom. The highest BCUT2D eigenvalue weighted by atomic mass is 32.1. The molecule has 1 unspecified atom stereocenters. The van der Waals surface area contributed by atoms with Crippen molar-refractivity contribution in [2.75, 3.05) is 6.54 Å². The summed E-state index contributed by atoms with van der Waals surface area (Å²) in [6.45, 7) is 4.79. The van der Waals surface area contributed by atoms with Crippen LogP contribution in [-0.4, -0.2) is 11.5 Å². The molecule has 0 fully saturated rings. The Morgan fingerprint density at radius 3 is 2.68 bits per heavy atom. The molecular formula is C14H16F2N2S. The zero-order valence-corrected chi connectivity index (χ0v) is 11.7. The lowest BCUT2D eigenvalue weighted by molar-refractivity contribution is 0.503. The van der Waals surface area contributed by atoms with E-state index in [1.54, 1.807) is 11.6 Å². The fraction of sp³-hybridized carbons (Fsp3) is 0.357. The number of hydrogen-bond acceptors (Lipinski definition) is 3. The molecule has 1 atom stereocenters. The zero-order chi connectivity index (χ0) is 13.8. The van der Waals surface area contributed by atoms with E-state index in [9.17, 15) is 8.78 Å². The number of rotatable bonds is 5. The van der Waals surface area contributed by atoms with Gasteiger partial charge in [-0.3, -0.25) is 0 Å². The summed E-state index contributed by atoms with van der Waals surface area (Å²) in [7, 11) is 0. The van der Waals surface area contributed by atoms with Crippen molar-refractivity contribution in [2.45, 2.75) is 26.3 Å². The van der Waals surface area contributed by atoms with Crippen LogP contribution in [0.3, 0.4) is 0 Å². The van der Waals surface area contributed by atoms with Gasteiger partial charge in [-0.05, 0) is 37.6 Å². The fourth-order valence-corrected chi connectivity index (χ4v) is 2.83. The molecule has 1 aromatic heterocycles. The van der Waals surface area contributed by atoms with Crippen molar-refractivity contribution in [2.24, 2.45) is 0 Å².